The smallest absolute Gasteiger partial charge is 0.220 e. The van der Waals surface area contributed by atoms with E-state index in [1.165, 1.54) is 0 Å². The summed E-state index contributed by atoms with van der Waals surface area (Å²) in [5.74, 6) is 0.942. The number of benzene rings is 1. The minimum atomic E-state index is -0.165. The fourth-order valence-electron chi connectivity index (χ4n) is 3.37. The van der Waals surface area contributed by atoms with Crippen LogP contribution in [0.2, 0.25) is 0 Å². The van der Waals surface area contributed by atoms with Crippen LogP contribution >= 0.6 is 0 Å². The average molecular weight is 300 g/mol. The maximum absolute atomic E-state index is 12.2. The van der Waals surface area contributed by atoms with E-state index in [0.717, 1.165) is 48.1 Å². The van der Waals surface area contributed by atoms with Crippen LogP contribution in [-0.4, -0.2) is 28.0 Å². The predicted octanol–water partition coefficient (Wildman–Crippen LogP) is 2.19. The van der Waals surface area contributed by atoms with Crippen molar-refractivity contribution in [3.63, 3.8) is 0 Å². The Morgan fingerprint density at radius 3 is 2.86 bits per heavy atom. The molecule has 1 fully saturated rings. The summed E-state index contributed by atoms with van der Waals surface area (Å²) in [6, 6.07) is 6.07. The highest BCUT2D eigenvalue weighted by Gasteiger charge is 2.33. The molecule has 1 amide bonds. The van der Waals surface area contributed by atoms with Gasteiger partial charge in [0.05, 0.1) is 16.6 Å². The number of aromatic nitrogens is 2. The summed E-state index contributed by atoms with van der Waals surface area (Å²) in [6.07, 6.45) is 5.38. The van der Waals surface area contributed by atoms with Gasteiger partial charge in [0.1, 0.15) is 5.82 Å². The van der Waals surface area contributed by atoms with Crippen LogP contribution in [0.5, 0.6) is 0 Å². The van der Waals surface area contributed by atoms with Crippen molar-refractivity contribution in [2.45, 2.75) is 51.0 Å². The van der Waals surface area contributed by atoms with E-state index in [9.17, 15) is 4.79 Å². The largest absolute Gasteiger partial charge is 0.349 e. The summed E-state index contributed by atoms with van der Waals surface area (Å²) in [7, 11) is 0. The number of nitrogens with zero attached hydrogens (tertiary/aromatic N) is 1. The van der Waals surface area contributed by atoms with Crippen LogP contribution in [0.3, 0.4) is 0 Å². The summed E-state index contributed by atoms with van der Waals surface area (Å²) < 4.78 is 0. The number of nitrogens with two attached hydrogens (primary N) is 1. The zero-order chi connectivity index (χ0) is 15.6. The minimum absolute atomic E-state index is 0.0736. The standard InChI is InChI=1S/C17H24N4O/c1-12-5-4-6-13-16(12)20-14(19-13)7-8-15(22)21-17(11-18)9-2-3-10-17/h4-6H,2-3,7-11,18H2,1H3,(H,19,20)(H,21,22). The first-order valence-corrected chi connectivity index (χ1v) is 8.07. The van der Waals surface area contributed by atoms with Gasteiger partial charge in [0.15, 0.2) is 0 Å². The molecular weight excluding hydrogens is 276 g/mol. The van der Waals surface area contributed by atoms with Gasteiger partial charge in [-0.2, -0.15) is 0 Å². The number of carbonyl (C=O) groups is 1. The average Bonchev–Trinajstić information content (AvgIpc) is 3.13. The Labute approximate surface area is 130 Å². The maximum Gasteiger partial charge on any atom is 0.220 e. The molecule has 22 heavy (non-hydrogen) atoms. The minimum Gasteiger partial charge on any atom is -0.349 e. The Hall–Kier alpha value is -1.88. The molecule has 5 nitrogen and oxygen atoms in total. The van der Waals surface area contributed by atoms with Gasteiger partial charge >= 0.3 is 0 Å². The lowest BCUT2D eigenvalue weighted by Gasteiger charge is -2.28. The van der Waals surface area contributed by atoms with Crippen molar-refractivity contribution >= 4 is 16.9 Å². The van der Waals surface area contributed by atoms with Crippen LogP contribution in [0.15, 0.2) is 18.2 Å². The van der Waals surface area contributed by atoms with Crippen LogP contribution in [0.25, 0.3) is 11.0 Å². The van der Waals surface area contributed by atoms with Crippen molar-refractivity contribution in [1.82, 2.24) is 15.3 Å². The summed E-state index contributed by atoms with van der Waals surface area (Å²) >= 11 is 0. The predicted molar refractivity (Wildman–Crippen MR) is 87.5 cm³/mol. The summed E-state index contributed by atoms with van der Waals surface area (Å²) in [4.78, 5) is 20.1. The number of hydrogen-bond donors (Lipinski definition) is 3. The monoisotopic (exact) mass is 300 g/mol. The highest BCUT2D eigenvalue weighted by atomic mass is 16.1. The topological polar surface area (TPSA) is 83.8 Å². The molecule has 0 bridgehead atoms. The van der Waals surface area contributed by atoms with Gasteiger partial charge < -0.3 is 16.0 Å². The zero-order valence-corrected chi connectivity index (χ0v) is 13.1. The molecule has 1 aliphatic carbocycles. The lowest BCUT2D eigenvalue weighted by Crippen LogP contribution is -2.51. The lowest BCUT2D eigenvalue weighted by atomic mass is 9.97. The van der Waals surface area contributed by atoms with Crippen molar-refractivity contribution in [2.75, 3.05) is 6.54 Å². The number of amides is 1. The SMILES string of the molecule is Cc1cccc2[nH]c(CCC(=O)NC3(CN)CCCC3)nc12. The number of aryl methyl sites for hydroxylation is 2. The fraction of sp³-hybridized carbons (Fsp3) is 0.529. The van der Waals surface area contributed by atoms with Gasteiger partial charge in [-0.25, -0.2) is 4.98 Å². The Kier molecular flexibility index (Phi) is 4.16. The van der Waals surface area contributed by atoms with Crippen LogP contribution in [0.1, 0.15) is 43.5 Å². The number of hydrogen-bond acceptors (Lipinski definition) is 3. The van der Waals surface area contributed by atoms with Crippen molar-refractivity contribution in [3.05, 3.63) is 29.6 Å². The molecule has 1 aromatic heterocycles. The van der Waals surface area contributed by atoms with Crippen molar-refractivity contribution in [3.8, 4) is 0 Å². The Morgan fingerprint density at radius 1 is 1.41 bits per heavy atom. The van der Waals surface area contributed by atoms with E-state index < -0.39 is 0 Å². The Morgan fingerprint density at radius 2 is 2.18 bits per heavy atom. The van der Waals surface area contributed by atoms with Gasteiger partial charge in [0.25, 0.3) is 0 Å². The number of carbonyl (C=O) groups excluding carboxylic acids is 1. The summed E-state index contributed by atoms with van der Waals surface area (Å²) in [5.41, 5.74) is 8.87. The van der Waals surface area contributed by atoms with Crippen LogP contribution in [0, 0.1) is 6.92 Å². The van der Waals surface area contributed by atoms with Gasteiger partial charge in [0.2, 0.25) is 5.91 Å². The van der Waals surface area contributed by atoms with Crippen molar-refractivity contribution < 1.29 is 4.79 Å². The van der Waals surface area contributed by atoms with E-state index in [4.69, 9.17) is 5.73 Å². The number of rotatable bonds is 5. The van der Waals surface area contributed by atoms with E-state index in [-0.39, 0.29) is 11.4 Å². The highest BCUT2D eigenvalue weighted by Crippen LogP contribution is 2.28. The van der Waals surface area contributed by atoms with E-state index in [1.807, 2.05) is 25.1 Å². The quantitative estimate of drug-likeness (QED) is 0.791. The molecule has 1 heterocycles. The number of H-pyrrole nitrogens is 1. The van der Waals surface area contributed by atoms with Gasteiger partial charge in [-0.3, -0.25) is 4.79 Å². The lowest BCUT2D eigenvalue weighted by molar-refractivity contribution is -0.122. The maximum atomic E-state index is 12.2. The number of imidazole rings is 1. The molecule has 0 saturated heterocycles. The van der Waals surface area contributed by atoms with E-state index >= 15 is 0 Å². The van der Waals surface area contributed by atoms with Crippen LogP contribution in [0.4, 0.5) is 0 Å². The first-order valence-electron chi connectivity index (χ1n) is 8.07. The van der Waals surface area contributed by atoms with E-state index in [0.29, 0.717) is 19.4 Å². The molecular formula is C17H24N4O. The van der Waals surface area contributed by atoms with Crippen molar-refractivity contribution in [2.24, 2.45) is 5.73 Å². The molecule has 0 unspecified atom stereocenters. The molecule has 1 aromatic carbocycles. The van der Waals surface area contributed by atoms with Gasteiger partial charge in [-0.05, 0) is 31.4 Å². The molecule has 3 rings (SSSR count). The number of fused-ring (bicyclic) bond motifs is 1. The van der Waals surface area contributed by atoms with Gasteiger partial charge in [-0.15, -0.1) is 0 Å². The second-order valence-electron chi connectivity index (χ2n) is 6.39. The molecule has 2 aromatic rings. The third-order valence-electron chi connectivity index (χ3n) is 4.71. The first-order chi connectivity index (χ1) is 10.6. The van der Waals surface area contributed by atoms with Crippen LogP contribution < -0.4 is 11.1 Å². The molecule has 0 aliphatic heterocycles. The van der Waals surface area contributed by atoms with Gasteiger partial charge in [-0.1, -0.05) is 25.0 Å². The fourth-order valence-corrected chi connectivity index (χ4v) is 3.37. The van der Waals surface area contributed by atoms with Crippen LogP contribution in [-0.2, 0) is 11.2 Å². The highest BCUT2D eigenvalue weighted by molar-refractivity contribution is 5.79. The molecule has 0 atom stereocenters. The molecule has 4 N–H and O–H groups in total. The summed E-state index contributed by atoms with van der Waals surface area (Å²) in [5, 5.41) is 3.15. The van der Waals surface area contributed by atoms with Gasteiger partial charge in [0, 0.05) is 19.4 Å². The molecule has 1 aliphatic rings. The Balaban J connectivity index is 1.61. The van der Waals surface area contributed by atoms with Crippen molar-refractivity contribution in [1.29, 1.82) is 0 Å². The van der Waals surface area contributed by atoms with E-state index in [2.05, 4.69) is 15.3 Å². The number of nitrogens with one attached hydrogen (secondary N) is 2. The van der Waals surface area contributed by atoms with E-state index in [1.54, 1.807) is 0 Å². The molecule has 1 saturated carbocycles. The third kappa shape index (κ3) is 2.99. The number of aromatic amines is 1. The molecule has 118 valence electrons. The molecule has 0 radical (unpaired) electrons. The number of para-hydroxylation sites is 1. The normalized spacial score (nSPS) is 17.0. The third-order valence-corrected chi connectivity index (χ3v) is 4.71. The summed E-state index contributed by atoms with van der Waals surface area (Å²) in [6.45, 7) is 2.58. The molecule has 0 spiro atoms. The first kappa shape index (κ1) is 15.0. The Bertz CT molecular complexity index is 670. The second kappa shape index (κ2) is 6.08. The second-order valence-corrected chi connectivity index (χ2v) is 6.39. The zero-order valence-electron chi connectivity index (χ0n) is 13.1. The molecule has 5 heteroatoms.